The monoisotopic (exact) mass is 302 g/mol. The molecular weight excluding hydrogens is 291 g/mol. The molecule has 1 heterocycles. The Morgan fingerprint density at radius 3 is 2.94 bits per heavy atom. The zero-order valence-electron chi connectivity index (χ0n) is 8.84. The van der Waals surface area contributed by atoms with Gasteiger partial charge in [0.1, 0.15) is 5.82 Å². The molecule has 0 spiro atoms. The van der Waals surface area contributed by atoms with Crippen LogP contribution < -0.4 is 5.73 Å². The Morgan fingerprint density at radius 2 is 2.31 bits per heavy atom. The van der Waals surface area contributed by atoms with E-state index in [1.807, 2.05) is 6.92 Å². The third kappa shape index (κ3) is 2.25. The van der Waals surface area contributed by atoms with Gasteiger partial charge in [-0.05, 0) is 47.0 Å². The van der Waals surface area contributed by atoms with Gasteiger partial charge in [-0.25, -0.2) is 4.39 Å². The van der Waals surface area contributed by atoms with Crippen LogP contribution in [0.15, 0.2) is 27.7 Å². The predicted octanol–water partition coefficient (Wildman–Crippen LogP) is 3.26. The minimum absolute atomic E-state index is 0.255. The minimum Gasteiger partial charge on any atom is -0.379 e. The molecule has 1 atom stereocenters. The summed E-state index contributed by atoms with van der Waals surface area (Å²) >= 11 is 4.76. The molecule has 1 aromatic carbocycles. The van der Waals surface area contributed by atoms with E-state index in [1.165, 1.54) is 6.07 Å². The highest BCUT2D eigenvalue weighted by Crippen LogP contribution is 2.36. The lowest BCUT2D eigenvalue weighted by atomic mass is 9.90. The fourth-order valence-electron chi connectivity index (χ4n) is 1.73. The van der Waals surface area contributed by atoms with E-state index in [1.54, 1.807) is 23.9 Å². The maximum atomic E-state index is 13.2. The van der Waals surface area contributed by atoms with Gasteiger partial charge < -0.3 is 5.73 Å². The number of nitrogens with two attached hydrogens (primary N) is 1. The largest absolute Gasteiger partial charge is 0.379 e. The van der Waals surface area contributed by atoms with Crippen LogP contribution in [0.5, 0.6) is 0 Å². The average Bonchev–Trinajstić information content (AvgIpc) is 2.21. The summed E-state index contributed by atoms with van der Waals surface area (Å²) in [5.74, 6) is 0.690. The molecule has 2 nitrogen and oxygen atoms in total. The number of aliphatic imine (C=N–C) groups is 1. The fourth-order valence-corrected chi connectivity index (χ4v) is 3.08. The van der Waals surface area contributed by atoms with E-state index in [0.29, 0.717) is 9.64 Å². The van der Waals surface area contributed by atoms with Crippen molar-refractivity contribution in [3.05, 3.63) is 34.1 Å². The Bertz CT molecular complexity index is 450. The third-order valence-corrected chi connectivity index (χ3v) is 4.14. The summed E-state index contributed by atoms with van der Waals surface area (Å²) in [7, 11) is 0. The topological polar surface area (TPSA) is 38.4 Å². The van der Waals surface area contributed by atoms with Crippen molar-refractivity contribution in [1.82, 2.24) is 0 Å². The van der Waals surface area contributed by atoms with Crippen LogP contribution in [-0.2, 0) is 5.54 Å². The second-order valence-electron chi connectivity index (χ2n) is 3.95. The van der Waals surface area contributed by atoms with Gasteiger partial charge in [-0.2, -0.15) is 0 Å². The van der Waals surface area contributed by atoms with Crippen molar-refractivity contribution < 1.29 is 4.39 Å². The molecule has 0 fully saturated rings. The van der Waals surface area contributed by atoms with Crippen LogP contribution in [0.25, 0.3) is 0 Å². The SMILES string of the molecule is CC1(c2ccc(F)c(Br)c2)CCSC(N)=N1. The van der Waals surface area contributed by atoms with Crippen LogP contribution in [-0.4, -0.2) is 10.9 Å². The smallest absolute Gasteiger partial charge is 0.154 e. The molecule has 2 N–H and O–H groups in total. The van der Waals surface area contributed by atoms with E-state index in [2.05, 4.69) is 20.9 Å². The molecule has 0 radical (unpaired) electrons. The molecule has 0 aromatic heterocycles. The standard InChI is InChI=1S/C11H12BrFN2S/c1-11(4-5-16-10(14)15-11)7-2-3-9(13)8(12)6-7/h2-3,6H,4-5H2,1H3,(H2,14,15). The van der Waals surface area contributed by atoms with Gasteiger partial charge in [0, 0.05) is 5.75 Å². The van der Waals surface area contributed by atoms with Crippen LogP contribution in [0.2, 0.25) is 0 Å². The van der Waals surface area contributed by atoms with Crippen molar-refractivity contribution in [3.8, 4) is 0 Å². The van der Waals surface area contributed by atoms with Gasteiger partial charge in [0.05, 0.1) is 10.0 Å². The molecule has 1 aliphatic heterocycles. The molecular formula is C11H12BrFN2S. The first kappa shape index (κ1) is 11.9. The van der Waals surface area contributed by atoms with Crippen LogP contribution in [0.3, 0.4) is 0 Å². The molecule has 0 saturated heterocycles. The summed E-state index contributed by atoms with van der Waals surface area (Å²) in [6, 6.07) is 5.01. The number of benzene rings is 1. The highest BCUT2D eigenvalue weighted by molar-refractivity contribution is 9.10. The lowest BCUT2D eigenvalue weighted by molar-refractivity contribution is 0.480. The maximum Gasteiger partial charge on any atom is 0.154 e. The van der Waals surface area contributed by atoms with Gasteiger partial charge in [-0.1, -0.05) is 17.8 Å². The number of hydrogen-bond donors (Lipinski definition) is 1. The van der Waals surface area contributed by atoms with Crippen molar-refractivity contribution in [2.45, 2.75) is 18.9 Å². The molecule has 2 rings (SSSR count). The van der Waals surface area contributed by atoms with Gasteiger partial charge in [0.2, 0.25) is 0 Å². The van der Waals surface area contributed by atoms with Crippen molar-refractivity contribution in [1.29, 1.82) is 0 Å². The summed E-state index contributed by atoms with van der Waals surface area (Å²) in [6.45, 7) is 2.03. The van der Waals surface area contributed by atoms with Crippen LogP contribution >= 0.6 is 27.7 Å². The van der Waals surface area contributed by atoms with E-state index in [-0.39, 0.29) is 11.4 Å². The number of amidine groups is 1. The minimum atomic E-state index is -0.328. The Labute approximate surface area is 107 Å². The first-order valence-electron chi connectivity index (χ1n) is 4.95. The van der Waals surface area contributed by atoms with Crippen molar-refractivity contribution in [2.24, 2.45) is 10.7 Å². The van der Waals surface area contributed by atoms with Crippen molar-refractivity contribution in [3.63, 3.8) is 0 Å². The molecule has 86 valence electrons. The van der Waals surface area contributed by atoms with E-state index >= 15 is 0 Å². The zero-order valence-corrected chi connectivity index (χ0v) is 11.2. The second-order valence-corrected chi connectivity index (χ2v) is 5.92. The second kappa shape index (κ2) is 4.37. The highest BCUT2D eigenvalue weighted by Gasteiger charge is 2.29. The number of rotatable bonds is 1. The molecule has 16 heavy (non-hydrogen) atoms. The molecule has 0 aliphatic carbocycles. The van der Waals surface area contributed by atoms with Gasteiger partial charge in [0.25, 0.3) is 0 Å². The molecule has 5 heteroatoms. The third-order valence-electron chi connectivity index (χ3n) is 2.74. The zero-order chi connectivity index (χ0) is 11.8. The Balaban J connectivity index is 2.43. The summed E-state index contributed by atoms with van der Waals surface area (Å²) in [5, 5.41) is 0.606. The Morgan fingerprint density at radius 1 is 1.56 bits per heavy atom. The summed E-state index contributed by atoms with van der Waals surface area (Å²) in [4.78, 5) is 4.47. The first-order valence-corrected chi connectivity index (χ1v) is 6.73. The lowest BCUT2D eigenvalue weighted by Crippen LogP contribution is -2.28. The number of thioether (sulfide) groups is 1. The van der Waals surface area contributed by atoms with Gasteiger partial charge in [-0.15, -0.1) is 0 Å². The highest BCUT2D eigenvalue weighted by atomic mass is 79.9. The van der Waals surface area contributed by atoms with E-state index in [0.717, 1.165) is 17.7 Å². The predicted molar refractivity (Wildman–Crippen MR) is 70.1 cm³/mol. The molecule has 0 bridgehead atoms. The van der Waals surface area contributed by atoms with Gasteiger partial charge >= 0.3 is 0 Å². The maximum absolute atomic E-state index is 13.2. The number of halogens is 2. The first-order chi connectivity index (χ1) is 7.51. The molecule has 0 amide bonds. The molecule has 1 aliphatic rings. The van der Waals surface area contributed by atoms with Gasteiger partial charge in [0.15, 0.2) is 5.17 Å². The Kier molecular flexibility index (Phi) is 3.26. The fraction of sp³-hybridized carbons (Fsp3) is 0.364. The summed E-state index contributed by atoms with van der Waals surface area (Å²) in [5.41, 5.74) is 6.40. The normalized spacial score (nSPS) is 25.3. The average molecular weight is 303 g/mol. The molecule has 1 unspecified atom stereocenters. The molecule has 1 aromatic rings. The van der Waals surface area contributed by atoms with E-state index in [9.17, 15) is 4.39 Å². The van der Waals surface area contributed by atoms with Crippen LogP contribution in [0.1, 0.15) is 18.9 Å². The van der Waals surface area contributed by atoms with Crippen LogP contribution in [0.4, 0.5) is 4.39 Å². The van der Waals surface area contributed by atoms with Gasteiger partial charge in [-0.3, -0.25) is 4.99 Å². The van der Waals surface area contributed by atoms with Crippen molar-refractivity contribution in [2.75, 3.05) is 5.75 Å². The van der Waals surface area contributed by atoms with Crippen LogP contribution in [0, 0.1) is 5.82 Å². The summed E-state index contributed by atoms with van der Waals surface area (Å²) < 4.78 is 13.6. The van der Waals surface area contributed by atoms with Crippen molar-refractivity contribution >= 4 is 32.9 Å². The van der Waals surface area contributed by atoms with E-state index in [4.69, 9.17) is 5.73 Å². The van der Waals surface area contributed by atoms with E-state index < -0.39 is 0 Å². The lowest BCUT2D eigenvalue weighted by Gasteiger charge is -2.29. The molecule has 0 saturated carbocycles. The number of nitrogens with zero attached hydrogens (tertiary/aromatic N) is 1. The quantitative estimate of drug-likeness (QED) is 0.865. The Hall–Kier alpha value is -0.550. The number of hydrogen-bond acceptors (Lipinski definition) is 3. The summed E-state index contributed by atoms with van der Waals surface area (Å²) in [6.07, 6.45) is 0.913.